The summed E-state index contributed by atoms with van der Waals surface area (Å²) >= 11 is 0. The third-order valence-corrected chi connectivity index (χ3v) is 12.1. The third-order valence-electron chi connectivity index (χ3n) is 12.1. The van der Waals surface area contributed by atoms with Crippen molar-refractivity contribution in [1.82, 2.24) is 0 Å². The van der Waals surface area contributed by atoms with Crippen molar-refractivity contribution in [1.29, 1.82) is 0 Å². The number of esters is 4. The van der Waals surface area contributed by atoms with Crippen LogP contribution in [0.4, 0.5) is 0 Å². The molecule has 5 heterocycles. The summed E-state index contributed by atoms with van der Waals surface area (Å²) in [6.07, 6.45) is 9.04. The maximum Gasteiger partial charge on any atom is 0.374 e. The molecule has 0 bridgehead atoms. The van der Waals surface area contributed by atoms with Gasteiger partial charge in [0.25, 0.3) is 0 Å². The second-order valence-electron chi connectivity index (χ2n) is 15.0. The topological polar surface area (TPSA) is 167 Å². The number of furan rings is 4. The van der Waals surface area contributed by atoms with Crippen LogP contribution in [0.5, 0.6) is 0 Å². The molecule has 0 aromatic carbocycles. The Morgan fingerprint density at radius 1 is 0.660 bits per heavy atom. The number of rotatable bonds is 12. The number of hydrogen-bond donors (Lipinski definition) is 0. The van der Waals surface area contributed by atoms with Gasteiger partial charge < -0.3 is 41.4 Å². The van der Waals surface area contributed by atoms with Crippen LogP contribution >= 0.6 is 0 Å². The number of fused-ring (bicyclic) bond motifs is 2. The first-order valence-electron chi connectivity index (χ1n) is 18.1. The maximum atomic E-state index is 13.3. The van der Waals surface area contributed by atoms with E-state index < -0.39 is 52.0 Å². The summed E-state index contributed by atoms with van der Waals surface area (Å²) in [6.45, 7) is 6.26. The second kappa shape index (κ2) is 14.4. The van der Waals surface area contributed by atoms with Gasteiger partial charge in [-0.25, -0.2) is 19.2 Å². The molecule has 1 spiro atoms. The van der Waals surface area contributed by atoms with Crippen molar-refractivity contribution in [2.45, 2.75) is 83.0 Å². The largest absolute Gasteiger partial charge is 0.460 e. The van der Waals surface area contributed by atoms with E-state index in [0.717, 1.165) is 12.8 Å². The van der Waals surface area contributed by atoms with Crippen molar-refractivity contribution in [2.24, 2.45) is 22.7 Å². The van der Waals surface area contributed by atoms with Gasteiger partial charge in [0, 0.05) is 17.3 Å². The van der Waals surface area contributed by atoms with Gasteiger partial charge in [0.05, 0.1) is 37.3 Å². The van der Waals surface area contributed by atoms with Crippen LogP contribution in [0.15, 0.2) is 91.3 Å². The zero-order chi connectivity index (χ0) is 37.3. The Morgan fingerprint density at radius 2 is 1.19 bits per heavy atom. The predicted octanol–water partition coefficient (Wildman–Crippen LogP) is 7.69. The van der Waals surface area contributed by atoms with E-state index in [-0.39, 0.29) is 61.1 Å². The second-order valence-corrected chi connectivity index (χ2v) is 15.0. The Morgan fingerprint density at radius 3 is 1.74 bits per heavy atom. The molecular weight excluding hydrogens is 688 g/mol. The molecular formula is C40H44O13. The van der Waals surface area contributed by atoms with Gasteiger partial charge >= 0.3 is 23.9 Å². The van der Waals surface area contributed by atoms with Gasteiger partial charge in [-0.1, -0.05) is 20.8 Å². The van der Waals surface area contributed by atoms with Crippen LogP contribution in [0.2, 0.25) is 0 Å². The van der Waals surface area contributed by atoms with E-state index >= 15 is 0 Å². The fourth-order valence-corrected chi connectivity index (χ4v) is 9.37. The molecule has 0 unspecified atom stereocenters. The first kappa shape index (κ1) is 36.3. The molecule has 2 saturated carbocycles. The molecule has 2 aliphatic carbocycles. The highest BCUT2D eigenvalue weighted by Crippen LogP contribution is 2.68. The standard InChI is InChI=1S/C40H44O13/c1-26-12-13-31-37(2,24-50-34(42)28-9-5-20-46-28)32(52-36(44)30-11-7-22-48-30)14-15-38(31,3)40(26)17-16-39(53-40,25-51-35(43)29-10-6-21-47-29)18-23-49-33(41)27-8-4-19-45-27/h4-11,19-22,26,31-32H,12-18,23-25H2,1-3H3/t26-,31-,32+,37+,38+,39-,40+/m1/s1. The van der Waals surface area contributed by atoms with Gasteiger partial charge in [-0.3, -0.25) is 0 Å². The van der Waals surface area contributed by atoms with Gasteiger partial charge in [-0.2, -0.15) is 0 Å². The van der Waals surface area contributed by atoms with Crippen LogP contribution in [0.1, 0.15) is 108 Å². The maximum absolute atomic E-state index is 13.3. The third kappa shape index (κ3) is 6.71. The van der Waals surface area contributed by atoms with Crippen LogP contribution in [0.25, 0.3) is 0 Å². The SMILES string of the molecule is C[C@@H]1CC[C@@H]2[C@](C)(COC(=O)c3ccco3)[C@@H](OC(=O)c3ccco3)CC[C@]2(C)[C@]12CC[C@@](CCOC(=O)c1ccco1)(COC(=O)c1ccco1)O2. The monoisotopic (exact) mass is 732 g/mol. The van der Waals surface area contributed by atoms with Crippen LogP contribution in [-0.2, 0) is 23.7 Å². The minimum atomic E-state index is -1.00. The zero-order valence-corrected chi connectivity index (χ0v) is 30.0. The molecule has 53 heavy (non-hydrogen) atoms. The molecule has 1 aliphatic heterocycles. The Labute approximate surface area is 306 Å². The minimum Gasteiger partial charge on any atom is -0.460 e. The lowest BCUT2D eigenvalue weighted by atomic mass is 9.43. The highest BCUT2D eigenvalue weighted by atomic mass is 16.6. The molecule has 282 valence electrons. The molecule has 1 saturated heterocycles. The fraction of sp³-hybridized carbons (Fsp3) is 0.500. The summed E-state index contributed by atoms with van der Waals surface area (Å²) in [5.41, 5.74) is -3.08. The molecule has 0 amide bonds. The summed E-state index contributed by atoms with van der Waals surface area (Å²) in [5.74, 6) is -2.19. The summed E-state index contributed by atoms with van der Waals surface area (Å²) in [6, 6.07) is 12.6. The normalized spacial score (nSPS) is 30.7. The first-order valence-corrected chi connectivity index (χ1v) is 18.1. The molecule has 7 rings (SSSR count). The van der Waals surface area contributed by atoms with E-state index in [1.54, 1.807) is 30.3 Å². The van der Waals surface area contributed by atoms with Crippen LogP contribution in [0, 0.1) is 22.7 Å². The Bertz CT molecular complexity index is 1860. The highest BCUT2D eigenvalue weighted by molar-refractivity contribution is 5.87. The van der Waals surface area contributed by atoms with Gasteiger partial charge in [0.15, 0.2) is 0 Å². The highest BCUT2D eigenvalue weighted by Gasteiger charge is 2.70. The van der Waals surface area contributed by atoms with E-state index in [1.165, 1.54) is 43.3 Å². The quantitative estimate of drug-likeness (QED) is 0.103. The van der Waals surface area contributed by atoms with E-state index in [2.05, 4.69) is 13.8 Å². The molecule has 3 aliphatic rings. The number of ether oxygens (including phenoxy) is 5. The lowest BCUT2D eigenvalue weighted by Gasteiger charge is -2.65. The van der Waals surface area contributed by atoms with E-state index in [0.29, 0.717) is 25.7 Å². The Hall–Kier alpha value is -5.04. The number of carbonyl (C=O) groups is 4. The summed E-state index contributed by atoms with van der Waals surface area (Å²) in [7, 11) is 0. The number of carbonyl (C=O) groups excluding carboxylic acids is 4. The first-order chi connectivity index (χ1) is 25.5. The lowest BCUT2D eigenvalue weighted by Crippen LogP contribution is -2.67. The minimum absolute atomic E-state index is 0.00626. The molecule has 7 atom stereocenters. The van der Waals surface area contributed by atoms with Crippen LogP contribution in [0.3, 0.4) is 0 Å². The van der Waals surface area contributed by atoms with Gasteiger partial charge in [-0.15, -0.1) is 0 Å². The zero-order valence-electron chi connectivity index (χ0n) is 30.0. The Balaban J connectivity index is 1.18. The summed E-state index contributed by atoms with van der Waals surface area (Å²) < 4.78 is 52.1. The molecule has 4 aromatic heterocycles. The lowest BCUT2D eigenvalue weighted by molar-refractivity contribution is -0.271. The van der Waals surface area contributed by atoms with Crippen molar-refractivity contribution in [3.8, 4) is 0 Å². The van der Waals surface area contributed by atoms with E-state index in [4.69, 9.17) is 41.4 Å². The average Bonchev–Trinajstić information content (AvgIpc) is 4.00. The van der Waals surface area contributed by atoms with Crippen molar-refractivity contribution in [3.63, 3.8) is 0 Å². The molecule has 4 aromatic rings. The van der Waals surface area contributed by atoms with Crippen molar-refractivity contribution in [3.05, 3.63) is 96.6 Å². The van der Waals surface area contributed by atoms with Crippen molar-refractivity contribution < 1.29 is 60.5 Å². The van der Waals surface area contributed by atoms with Crippen molar-refractivity contribution >= 4 is 23.9 Å². The predicted molar refractivity (Wildman–Crippen MR) is 183 cm³/mol. The molecule has 3 fully saturated rings. The van der Waals surface area contributed by atoms with Gasteiger partial charge in [-0.05, 0) is 98.9 Å². The van der Waals surface area contributed by atoms with Gasteiger partial charge in [0.1, 0.15) is 24.9 Å². The molecule has 0 N–H and O–H groups in total. The van der Waals surface area contributed by atoms with E-state index in [9.17, 15) is 19.2 Å². The van der Waals surface area contributed by atoms with Gasteiger partial charge in [0.2, 0.25) is 23.0 Å². The summed E-state index contributed by atoms with van der Waals surface area (Å²) in [5, 5.41) is 0. The fourth-order valence-electron chi connectivity index (χ4n) is 9.37. The molecule has 0 radical (unpaired) electrons. The molecule has 13 heteroatoms. The Kier molecular flexibility index (Phi) is 9.88. The average molecular weight is 733 g/mol. The van der Waals surface area contributed by atoms with Crippen LogP contribution in [-0.4, -0.2) is 61.0 Å². The van der Waals surface area contributed by atoms with Crippen LogP contribution < -0.4 is 0 Å². The smallest absolute Gasteiger partial charge is 0.374 e. The summed E-state index contributed by atoms with van der Waals surface area (Å²) in [4.78, 5) is 52.1. The molecule has 13 nitrogen and oxygen atoms in total. The number of hydrogen-bond acceptors (Lipinski definition) is 13. The van der Waals surface area contributed by atoms with E-state index in [1.807, 2.05) is 6.92 Å². The van der Waals surface area contributed by atoms with Crippen molar-refractivity contribution in [2.75, 3.05) is 19.8 Å².